The van der Waals surface area contributed by atoms with Gasteiger partial charge < -0.3 is 10.1 Å². The largest absolute Gasteiger partial charge is 0.455 e. The van der Waals surface area contributed by atoms with Crippen LogP contribution < -0.4 is 5.32 Å². The molecule has 3 rings (SSSR count). The fraction of sp³-hybridized carbons (Fsp3) is 0.364. The van der Waals surface area contributed by atoms with Gasteiger partial charge in [0.05, 0.1) is 5.41 Å². The van der Waals surface area contributed by atoms with Crippen LogP contribution >= 0.6 is 0 Å². The van der Waals surface area contributed by atoms with Gasteiger partial charge in [-0.1, -0.05) is 60.7 Å². The lowest BCUT2D eigenvalue weighted by molar-refractivity contribution is -0.151. The van der Waals surface area contributed by atoms with Gasteiger partial charge in [-0.05, 0) is 43.7 Å². The van der Waals surface area contributed by atoms with E-state index in [1.807, 2.05) is 55.5 Å². The zero-order chi connectivity index (χ0) is 18.4. The number of hydrogen-bond acceptors (Lipinski definition) is 3. The van der Waals surface area contributed by atoms with Crippen LogP contribution in [0.3, 0.4) is 0 Å². The molecule has 0 radical (unpaired) electrons. The Morgan fingerprint density at radius 3 is 2.27 bits per heavy atom. The molecule has 0 aromatic heterocycles. The van der Waals surface area contributed by atoms with Gasteiger partial charge in [0, 0.05) is 6.04 Å². The van der Waals surface area contributed by atoms with Gasteiger partial charge in [0.2, 0.25) is 0 Å². The molecule has 1 fully saturated rings. The Morgan fingerprint density at radius 2 is 1.65 bits per heavy atom. The van der Waals surface area contributed by atoms with Gasteiger partial charge >= 0.3 is 5.97 Å². The van der Waals surface area contributed by atoms with E-state index in [-0.39, 0.29) is 24.5 Å². The first-order valence-corrected chi connectivity index (χ1v) is 9.16. The normalized spacial score (nSPS) is 15.7. The summed E-state index contributed by atoms with van der Waals surface area (Å²) in [7, 11) is 0. The molecule has 26 heavy (non-hydrogen) atoms. The van der Waals surface area contributed by atoms with Crippen molar-refractivity contribution in [2.75, 3.05) is 6.61 Å². The molecule has 1 atom stereocenters. The monoisotopic (exact) mass is 351 g/mol. The number of rotatable bonds is 8. The Morgan fingerprint density at radius 1 is 1.04 bits per heavy atom. The second-order valence-corrected chi connectivity index (χ2v) is 7.02. The van der Waals surface area contributed by atoms with Crippen molar-refractivity contribution in [1.82, 2.24) is 5.32 Å². The highest BCUT2D eigenvalue weighted by atomic mass is 16.5. The lowest BCUT2D eigenvalue weighted by Gasteiger charge is -2.16. The van der Waals surface area contributed by atoms with Crippen molar-refractivity contribution in [1.29, 1.82) is 0 Å². The van der Waals surface area contributed by atoms with Gasteiger partial charge in [-0.3, -0.25) is 9.59 Å². The lowest BCUT2D eigenvalue weighted by Crippen LogP contribution is -2.37. The van der Waals surface area contributed by atoms with Crippen molar-refractivity contribution in [2.24, 2.45) is 0 Å². The summed E-state index contributed by atoms with van der Waals surface area (Å²) in [5.74, 6) is -0.543. The Kier molecular flexibility index (Phi) is 5.71. The molecule has 4 heteroatoms. The first kappa shape index (κ1) is 18.2. The molecule has 2 aromatic rings. The third-order valence-electron chi connectivity index (χ3n) is 4.92. The van der Waals surface area contributed by atoms with Crippen LogP contribution in [0.2, 0.25) is 0 Å². The van der Waals surface area contributed by atoms with Crippen LogP contribution in [0.4, 0.5) is 0 Å². The minimum atomic E-state index is -0.541. The average Bonchev–Trinajstić information content (AvgIpc) is 3.48. The Hall–Kier alpha value is -2.62. The SMILES string of the molecule is C[C@@H](CCc1ccccc1)NC(=O)COC(=O)C1(c2ccccc2)CC1. The molecule has 136 valence electrons. The van der Waals surface area contributed by atoms with Crippen molar-refractivity contribution in [3.8, 4) is 0 Å². The Labute approximate surface area is 154 Å². The van der Waals surface area contributed by atoms with Crippen LogP contribution in [0.5, 0.6) is 0 Å². The van der Waals surface area contributed by atoms with Crippen LogP contribution in [0, 0.1) is 0 Å². The maximum atomic E-state index is 12.4. The molecule has 0 bridgehead atoms. The third-order valence-corrected chi connectivity index (χ3v) is 4.92. The molecule has 1 saturated carbocycles. The molecular formula is C22H25NO3. The zero-order valence-corrected chi connectivity index (χ0v) is 15.1. The standard InChI is InChI=1S/C22H25NO3/c1-17(12-13-18-8-4-2-5-9-18)23-20(24)16-26-21(25)22(14-15-22)19-10-6-3-7-11-19/h2-11,17H,12-16H2,1H3,(H,23,24)/t17-/m0/s1. The van der Waals surface area contributed by atoms with Gasteiger partial charge in [-0.15, -0.1) is 0 Å². The summed E-state index contributed by atoms with van der Waals surface area (Å²) in [5, 5.41) is 2.90. The van der Waals surface area contributed by atoms with E-state index < -0.39 is 5.41 Å². The second-order valence-electron chi connectivity index (χ2n) is 7.02. The minimum absolute atomic E-state index is 0.0328. The molecular weight excluding hydrogens is 326 g/mol. The molecule has 1 N–H and O–H groups in total. The van der Waals surface area contributed by atoms with E-state index in [4.69, 9.17) is 4.74 Å². The lowest BCUT2D eigenvalue weighted by atomic mass is 9.96. The number of carbonyl (C=O) groups excluding carboxylic acids is 2. The third kappa shape index (κ3) is 4.51. The van der Waals surface area contributed by atoms with E-state index in [0.717, 1.165) is 31.2 Å². The van der Waals surface area contributed by atoms with Crippen molar-refractivity contribution in [3.63, 3.8) is 0 Å². The maximum absolute atomic E-state index is 12.4. The molecule has 0 heterocycles. The molecule has 0 saturated heterocycles. The summed E-state index contributed by atoms with van der Waals surface area (Å²) in [6.45, 7) is 1.75. The Bertz CT molecular complexity index is 738. The number of nitrogens with one attached hydrogen (secondary N) is 1. The molecule has 1 aliphatic rings. The molecule has 1 aliphatic carbocycles. The van der Waals surface area contributed by atoms with Crippen LogP contribution in [-0.2, 0) is 26.2 Å². The number of aryl methyl sites for hydroxylation is 1. The maximum Gasteiger partial charge on any atom is 0.317 e. The molecule has 0 spiro atoms. The predicted octanol–water partition coefficient (Wildman–Crippen LogP) is 3.40. The molecule has 0 unspecified atom stereocenters. The number of amides is 1. The summed E-state index contributed by atoms with van der Waals surface area (Å²) >= 11 is 0. The molecule has 2 aromatic carbocycles. The van der Waals surface area contributed by atoms with Gasteiger partial charge in [-0.25, -0.2) is 0 Å². The highest BCUT2D eigenvalue weighted by molar-refractivity contribution is 5.89. The quantitative estimate of drug-likeness (QED) is 0.742. The minimum Gasteiger partial charge on any atom is -0.455 e. The smallest absolute Gasteiger partial charge is 0.317 e. The van der Waals surface area contributed by atoms with Crippen LogP contribution in [0.25, 0.3) is 0 Å². The van der Waals surface area contributed by atoms with Crippen LogP contribution in [-0.4, -0.2) is 24.5 Å². The predicted molar refractivity (Wildman–Crippen MR) is 101 cm³/mol. The van der Waals surface area contributed by atoms with Crippen LogP contribution in [0.1, 0.15) is 37.3 Å². The highest BCUT2D eigenvalue weighted by Crippen LogP contribution is 2.49. The van der Waals surface area contributed by atoms with Crippen LogP contribution in [0.15, 0.2) is 60.7 Å². The Balaban J connectivity index is 1.42. The molecule has 4 nitrogen and oxygen atoms in total. The summed E-state index contributed by atoms with van der Waals surface area (Å²) in [5.41, 5.74) is 1.68. The number of ether oxygens (including phenoxy) is 1. The highest BCUT2D eigenvalue weighted by Gasteiger charge is 2.52. The van der Waals surface area contributed by atoms with E-state index in [9.17, 15) is 9.59 Å². The van der Waals surface area contributed by atoms with E-state index in [0.29, 0.717) is 0 Å². The first-order chi connectivity index (χ1) is 12.6. The zero-order valence-electron chi connectivity index (χ0n) is 15.1. The first-order valence-electron chi connectivity index (χ1n) is 9.16. The van der Waals surface area contributed by atoms with Crippen molar-refractivity contribution in [2.45, 2.75) is 44.1 Å². The number of esters is 1. The number of hydrogen-bond donors (Lipinski definition) is 1. The second kappa shape index (κ2) is 8.17. The summed E-state index contributed by atoms with van der Waals surface area (Å²) < 4.78 is 5.30. The van der Waals surface area contributed by atoms with E-state index in [1.54, 1.807) is 0 Å². The van der Waals surface area contributed by atoms with Gasteiger partial charge in [0.1, 0.15) is 0 Å². The van der Waals surface area contributed by atoms with E-state index in [2.05, 4.69) is 17.4 Å². The summed E-state index contributed by atoms with van der Waals surface area (Å²) in [4.78, 5) is 24.5. The van der Waals surface area contributed by atoms with Crippen molar-refractivity contribution < 1.29 is 14.3 Å². The fourth-order valence-electron chi connectivity index (χ4n) is 3.18. The molecule has 0 aliphatic heterocycles. The molecule has 1 amide bonds. The fourth-order valence-corrected chi connectivity index (χ4v) is 3.18. The summed E-state index contributed by atoms with van der Waals surface area (Å²) in [6, 6.07) is 19.9. The van der Waals surface area contributed by atoms with Gasteiger partial charge in [-0.2, -0.15) is 0 Å². The number of carbonyl (C=O) groups is 2. The average molecular weight is 351 g/mol. The van der Waals surface area contributed by atoms with Gasteiger partial charge in [0.15, 0.2) is 6.61 Å². The van der Waals surface area contributed by atoms with E-state index in [1.165, 1.54) is 5.56 Å². The van der Waals surface area contributed by atoms with Crippen molar-refractivity contribution >= 4 is 11.9 Å². The topological polar surface area (TPSA) is 55.4 Å². The van der Waals surface area contributed by atoms with E-state index >= 15 is 0 Å². The summed E-state index contributed by atoms with van der Waals surface area (Å²) in [6.07, 6.45) is 3.31. The van der Waals surface area contributed by atoms with Crippen molar-refractivity contribution in [3.05, 3.63) is 71.8 Å². The van der Waals surface area contributed by atoms with Gasteiger partial charge in [0.25, 0.3) is 5.91 Å². The number of benzene rings is 2.